The largest absolute Gasteiger partial charge is 0.378 e. The first-order valence-electron chi connectivity index (χ1n) is 13.5. The van der Waals surface area contributed by atoms with Gasteiger partial charge < -0.3 is 14.5 Å². The Bertz CT molecular complexity index is 913. The molecule has 1 aromatic carbocycles. The Labute approximate surface area is 203 Å². The van der Waals surface area contributed by atoms with E-state index in [-0.39, 0.29) is 29.4 Å². The lowest BCUT2D eigenvalue weighted by Crippen LogP contribution is -2.53. The number of likely N-dealkylation sites (tertiary alicyclic amines) is 1. The van der Waals surface area contributed by atoms with E-state index in [0.29, 0.717) is 24.3 Å². The number of carbonyl (C=O) groups excluding carboxylic acids is 2. The smallest absolute Gasteiger partial charge is 0.245 e. The topological polar surface area (TPSA) is 53.1 Å². The summed E-state index contributed by atoms with van der Waals surface area (Å²) in [5.74, 6) is 1.45. The second kappa shape index (κ2) is 8.94. The molecule has 4 aliphatic heterocycles. The fourth-order valence-corrected chi connectivity index (χ4v) is 7.23. The van der Waals surface area contributed by atoms with Crippen LogP contribution in [0.4, 0.5) is 0 Å². The molecule has 184 valence electrons. The Morgan fingerprint density at radius 3 is 2.65 bits per heavy atom. The molecule has 5 aliphatic rings. The first kappa shape index (κ1) is 22.5. The van der Waals surface area contributed by atoms with E-state index in [9.17, 15) is 9.59 Å². The maximum absolute atomic E-state index is 14.0. The molecule has 0 N–H and O–H groups in total. The van der Waals surface area contributed by atoms with Gasteiger partial charge in [0.15, 0.2) is 0 Å². The molecule has 1 spiro atoms. The van der Waals surface area contributed by atoms with Crippen molar-refractivity contribution in [3.63, 3.8) is 0 Å². The van der Waals surface area contributed by atoms with E-state index in [1.54, 1.807) is 0 Å². The molecule has 6 nitrogen and oxygen atoms in total. The van der Waals surface area contributed by atoms with Crippen LogP contribution in [-0.4, -0.2) is 83.5 Å². The van der Waals surface area contributed by atoms with Crippen LogP contribution in [0.3, 0.4) is 0 Å². The third-order valence-corrected chi connectivity index (χ3v) is 9.44. The quantitative estimate of drug-likeness (QED) is 0.669. The van der Waals surface area contributed by atoms with E-state index in [1.165, 1.54) is 5.56 Å². The van der Waals surface area contributed by atoms with Gasteiger partial charge in [-0.25, -0.2) is 0 Å². The number of benzene rings is 1. The fourth-order valence-electron chi connectivity index (χ4n) is 7.23. The summed E-state index contributed by atoms with van der Waals surface area (Å²) in [6.07, 6.45) is 8.78. The second-order valence-corrected chi connectivity index (χ2v) is 11.7. The molecule has 0 radical (unpaired) electrons. The molecule has 2 amide bonds. The number of fused-ring (bicyclic) bond motifs is 1. The Balaban J connectivity index is 1.16. The first-order valence-corrected chi connectivity index (χ1v) is 13.5. The van der Waals surface area contributed by atoms with E-state index in [2.05, 4.69) is 47.2 Å². The van der Waals surface area contributed by atoms with Crippen LogP contribution >= 0.6 is 0 Å². The summed E-state index contributed by atoms with van der Waals surface area (Å²) in [6, 6.07) is 11.2. The van der Waals surface area contributed by atoms with Crippen LogP contribution in [0.1, 0.15) is 69.3 Å². The van der Waals surface area contributed by atoms with Gasteiger partial charge in [-0.05, 0) is 69.9 Å². The molecule has 6 rings (SSSR count). The molecule has 34 heavy (non-hydrogen) atoms. The van der Waals surface area contributed by atoms with Crippen LogP contribution in [0.2, 0.25) is 0 Å². The molecule has 4 heterocycles. The number of likely N-dealkylation sites (N-methyl/N-ethyl adjacent to an activating group) is 1. The van der Waals surface area contributed by atoms with Crippen LogP contribution < -0.4 is 0 Å². The highest BCUT2D eigenvalue weighted by Gasteiger charge is 2.58. The van der Waals surface area contributed by atoms with Gasteiger partial charge in [-0.1, -0.05) is 30.3 Å². The van der Waals surface area contributed by atoms with Crippen molar-refractivity contribution in [1.29, 1.82) is 0 Å². The summed E-state index contributed by atoms with van der Waals surface area (Å²) in [5, 5.41) is 0. The summed E-state index contributed by atoms with van der Waals surface area (Å²) in [4.78, 5) is 33.9. The van der Waals surface area contributed by atoms with Gasteiger partial charge in [0.25, 0.3) is 0 Å². The zero-order valence-electron chi connectivity index (χ0n) is 20.5. The second-order valence-electron chi connectivity index (χ2n) is 11.7. The zero-order chi connectivity index (χ0) is 23.3. The molecular formula is C28H39N3O3. The van der Waals surface area contributed by atoms with Crippen molar-refractivity contribution in [2.45, 2.75) is 87.4 Å². The van der Waals surface area contributed by atoms with Crippen molar-refractivity contribution >= 4 is 11.8 Å². The number of amides is 2. The van der Waals surface area contributed by atoms with E-state index in [0.717, 1.165) is 77.7 Å². The third kappa shape index (κ3) is 4.07. The van der Waals surface area contributed by atoms with E-state index in [4.69, 9.17) is 4.74 Å². The van der Waals surface area contributed by atoms with Crippen LogP contribution in [-0.2, 0) is 14.3 Å². The maximum Gasteiger partial charge on any atom is 0.245 e. The average molecular weight is 466 g/mol. The summed E-state index contributed by atoms with van der Waals surface area (Å²) in [7, 11) is 2.21. The van der Waals surface area contributed by atoms with Gasteiger partial charge in [-0.3, -0.25) is 14.5 Å². The summed E-state index contributed by atoms with van der Waals surface area (Å²) in [5.41, 5.74) is 1.40. The van der Waals surface area contributed by atoms with Crippen LogP contribution in [0.15, 0.2) is 30.3 Å². The SMILES string of the molecule is CN(C[C@H]1CCCC(=O)N2[C@H](CC[C@H]2C(=O)N2C[C@H](c3ccccc3)CC23CC3)C1)C1COC1. The Kier molecular flexibility index (Phi) is 5.93. The summed E-state index contributed by atoms with van der Waals surface area (Å²) in [6.45, 7) is 3.56. The summed E-state index contributed by atoms with van der Waals surface area (Å²) < 4.78 is 5.38. The molecule has 0 bridgehead atoms. The van der Waals surface area contributed by atoms with Crippen molar-refractivity contribution in [3.8, 4) is 0 Å². The molecule has 1 aromatic rings. The molecule has 1 saturated carbocycles. The normalized spacial score (nSPS) is 33.1. The Morgan fingerprint density at radius 1 is 1.15 bits per heavy atom. The third-order valence-electron chi connectivity index (χ3n) is 9.44. The minimum absolute atomic E-state index is 0.0531. The van der Waals surface area contributed by atoms with E-state index < -0.39 is 0 Å². The maximum atomic E-state index is 14.0. The Hall–Kier alpha value is -1.92. The molecule has 6 heteroatoms. The van der Waals surface area contributed by atoms with Gasteiger partial charge in [0.05, 0.1) is 19.3 Å². The van der Waals surface area contributed by atoms with Gasteiger partial charge in [-0.15, -0.1) is 0 Å². The predicted octanol–water partition coefficient (Wildman–Crippen LogP) is 3.42. The Morgan fingerprint density at radius 2 is 1.94 bits per heavy atom. The highest BCUT2D eigenvalue weighted by Crippen LogP contribution is 2.54. The van der Waals surface area contributed by atoms with Crippen molar-refractivity contribution in [3.05, 3.63) is 35.9 Å². The minimum atomic E-state index is -0.249. The van der Waals surface area contributed by atoms with Gasteiger partial charge in [-0.2, -0.15) is 0 Å². The monoisotopic (exact) mass is 465 g/mol. The van der Waals surface area contributed by atoms with Crippen molar-refractivity contribution in [2.75, 3.05) is 33.4 Å². The number of rotatable bonds is 5. The zero-order valence-corrected chi connectivity index (χ0v) is 20.5. The fraction of sp³-hybridized carbons (Fsp3) is 0.714. The van der Waals surface area contributed by atoms with E-state index >= 15 is 0 Å². The van der Waals surface area contributed by atoms with Gasteiger partial charge >= 0.3 is 0 Å². The van der Waals surface area contributed by atoms with Crippen LogP contribution in [0, 0.1) is 5.92 Å². The number of carbonyl (C=O) groups is 2. The standard InChI is InChI=1S/C28H39N3O3/c1-29(24-18-34-19-24)16-20-6-5-9-26(32)31-23(14-20)10-11-25(31)27(33)30-17-22(15-28(30)12-13-28)21-7-3-2-4-8-21/h2-4,7-8,20,22-25H,5-6,9-19H2,1H3/t20-,22+,23+,25-/m0/s1. The number of hydrogen-bond acceptors (Lipinski definition) is 4. The predicted molar refractivity (Wildman–Crippen MR) is 130 cm³/mol. The molecule has 4 atom stereocenters. The van der Waals surface area contributed by atoms with Gasteiger partial charge in [0.1, 0.15) is 6.04 Å². The average Bonchev–Trinajstić information content (AvgIpc) is 3.28. The first-order chi connectivity index (χ1) is 16.5. The number of nitrogens with zero attached hydrogens (tertiary/aromatic N) is 3. The number of ether oxygens (including phenoxy) is 1. The molecule has 1 aliphatic carbocycles. The van der Waals surface area contributed by atoms with E-state index in [1.807, 2.05) is 4.90 Å². The molecule has 0 aromatic heterocycles. The number of hydrogen-bond donors (Lipinski definition) is 0. The summed E-state index contributed by atoms with van der Waals surface area (Å²) >= 11 is 0. The molecular weight excluding hydrogens is 426 g/mol. The lowest BCUT2D eigenvalue weighted by atomic mass is 9.90. The van der Waals surface area contributed by atoms with Gasteiger partial charge in [0.2, 0.25) is 11.8 Å². The van der Waals surface area contributed by atoms with Gasteiger partial charge in [0, 0.05) is 37.0 Å². The van der Waals surface area contributed by atoms with Crippen molar-refractivity contribution in [2.24, 2.45) is 5.92 Å². The molecule has 0 unspecified atom stereocenters. The molecule has 4 saturated heterocycles. The lowest BCUT2D eigenvalue weighted by Gasteiger charge is -2.40. The molecule has 5 fully saturated rings. The van der Waals surface area contributed by atoms with Crippen molar-refractivity contribution < 1.29 is 14.3 Å². The van der Waals surface area contributed by atoms with Crippen molar-refractivity contribution in [1.82, 2.24) is 14.7 Å². The highest BCUT2D eigenvalue weighted by atomic mass is 16.5. The highest BCUT2D eigenvalue weighted by molar-refractivity contribution is 5.89. The lowest BCUT2D eigenvalue weighted by molar-refractivity contribution is -0.147. The minimum Gasteiger partial charge on any atom is -0.378 e. The van der Waals surface area contributed by atoms with Crippen LogP contribution in [0.5, 0.6) is 0 Å². The van der Waals surface area contributed by atoms with Crippen LogP contribution in [0.25, 0.3) is 0 Å².